The molecular weight excluding hydrogens is 415 g/mol. The Balaban J connectivity index is 0.00000529. The Morgan fingerprint density at radius 1 is 1.12 bits per heavy atom. The Labute approximate surface area is 165 Å². The van der Waals surface area contributed by atoms with E-state index in [0.29, 0.717) is 19.1 Å². The predicted molar refractivity (Wildman–Crippen MR) is 113 cm³/mol. The van der Waals surface area contributed by atoms with Gasteiger partial charge >= 0.3 is 0 Å². The maximum absolute atomic E-state index is 12.0. The molecule has 0 bridgehead atoms. The van der Waals surface area contributed by atoms with Crippen molar-refractivity contribution >= 4 is 35.8 Å². The maximum Gasteiger partial charge on any atom is 0.227 e. The smallest absolute Gasteiger partial charge is 0.227 e. The van der Waals surface area contributed by atoms with Crippen molar-refractivity contribution in [3.05, 3.63) is 0 Å². The van der Waals surface area contributed by atoms with Gasteiger partial charge < -0.3 is 16.0 Å². The van der Waals surface area contributed by atoms with E-state index in [-0.39, 0.29) is 29.9 Å². The summed E-state index contributed by atoms with van der Waals surface area (Å²) < 4.78 is 0. The van der Waals surface area contributed by atoms with E-state index in [1.165, 1.54) is 38.5 Å². The van der Waals surface area contributed by atoms with E-state index < -0.39 is 5.41 Å². The molecule has 1 saturated carbocycles. The van der Waals surface area contributed by atoms with Crippen LogP contribution < -0.4 is 16.0 Å². The van der Waals surface area contributed by atoms with E-state index in [0.717, 1.165) is 11.9 Å². The van der Waals surface area contributed by atoms with Crippen LogP contribution in [0.2, 0.25) is 0 Å². The van der Waals surface area contributed by atoms with Crippen LogP contribution in [0.25, 0.3) is 0 Å². The summed E-state index contributed by atoms with van der Waals surface area (Å²) in [5, 5.41) is 9.72. The molecule has 1 rings (SSSR count). The van der Waals surface area contributed by atoms with Crippen LogP contribution in [0.4, 0.5) is 0 Å². The molecule has 24 heavy (non-hydrogen) atoms. The van der Waals surface area contributed by atoms with Crippen molar-refractivity contribution in [1.29, 1.82) is 0 Å². The average Bonchev–Trinajstić information content (AvgIpc) is 2.53. The molecule has 142 valence electrons. The van der Waals surface area contributed by atoms with Crippen molar-refractivity contribution in [2.24, 2.45) is 16.3 Å². The van der Waals surface area contributed by atoms with E-state index in [4.69, 9.17) is 0 Å². The normalized spacial score (nSPS) is 21.6. The number of amides is 1. The lowest BCUT2D eigenvalue weighted by Crippen LogP contribution is -2.50. The highest BCUT2D eigenvalue weighted by molar-refractivity contribution is 14.0. The second kappa shape index (κ2) is 11.9. The highest BCUT2D eigenvalue weighted by Crippen LogP contribution is 2.27. The number of aliphatic imine (C=N–C) groups is 1. The number of carbonyl (C=O) groups excluding carboxylic acids is 1. The van der Waals surface area contributed by atoms with Crippen LogP contribution in [0.5, 0.6) is 0 Å². The summed E-state index contributed by atoms with van der Waals surface area (Å²) in [4.78, 5) is 16.4. The molecule has 1 aliphatic rings. The highest BCUT2D eigenvalue weighted by atomic mass is 127. The van der Waals surface area contributed by atoms with E-state index in [2.05, 4.69) is 27.9 Å². The molecule has 6 heteroatoms. The monoisotopic (exact) mass is 452 g/mol. The number of halogens is 1. The summed E-state index contributed by atoms with van der Waals surface area (Å²) in [5.41, 5.74) is -0.452. The van der Waals surface area contributed by atoms with Gasteiger partial charge in [-0.25, -0.2) is 0 Å². The van der Waals surface area contributed by atoms with E-state index >= 15 is 0 Å². The minimum atomic E-state index is -0.452. The van der Waals surface area contributed by atoms with Crippen LogP contribution in [0, 0.1) is 11.3 Å². The number of hydrogen-bond acceptors (Lipinski definition) is 2. The summed E-state index contributed by atoms with van der Waals surface area (Å²) in [6, 6.07) is 0.502. The largest absolute Gasteiger partial charge is 0.356 e. The first kappa shape index (κ1) is 23.5. The predicted octanol–water partition coefficient (Wildman–Crippen LogP) is 3.29. The average molecular weight is 452 g/mol. The zero-order valence-electron chi connectivity index (χ0n) is 16.1. The molecule has 1 aliphatic carbocycles. The fourth-order valence-electron chi connectivity index (χ4n) is 3.18. The van der Waals surface area contributed by atoms with Crippen molar-refractivity contribution in [3.63, 3.8) is 0 Å². The molecule has 0 saturated heterocycles. The first-order chi connectivity index (χ1) is 10.9. The van der Waals surface area contributed by atoms with Gasteiger partial charge in [0, 0.05) is 26.2 Å². The Morgan fingerprint density at radius 3 is 2.25 bits per heavy atom. The Morgan fingerprint density at radius 2 is 1.75 bits per heavy atom. The highest BCUT2D eigenvalue weighted by Gasteiger charge is 2.28. The topological polar surface area (TPSA) is 65.5 Å². The van der Waals surface area contributed by atoms with Gasteiger partial charge in [-0.1, -0.05) is 19.8 Å². The summed E-state index contributed by atoms with van der Waals surface area (Å²) in [5.74, 6) is 1.79. The summed E-state index contributed by atoms with van der Waals surface area (Å²) in [6.45, 7) is 9.35. The number of carbonyl (C=O) groups is 1. The van der Waals surface area contributed by atoms with Crippen LogP contribution in [0.15, 0.2) is 4.99 Å². The zero-order valence-corrected chi connectivity index (χ0v) is 18.4. The first-order valence-electron chi connectivity index (χ1n) is 9.18. The van der Waals surface area contributed by atoms with Crippen molar-refractivity contribution < 1.29 is 4.79 Å². The van der Waals surface area contributed by atoms with Crippen LogP contribution >= 0.6 is 24.0 Å². The zero-order chi connectivity index (χ0) is 17.3. The molecule has 3 N–H and O–H groups in total. The molecule has 0 aromatic carbocycles. The molecule has 0 aliphatic heterocycles. The fourth-order valence-corrected chi connectivity index (χ4v) is 3.18. The van der Waals surface area contributed by atoms with Gasteiger partial charge in [0.05, 0.1) is 5.41 Å². The molecule has 1 fully saturated rings. The molecule has 0 radical (unpaired) electrons. The number of rotatable bonds is 7. The molecular formula is C18H37IN4O. The maximum atomic E-state index is 12.0. The van der Waals surface area contributed by atoms with Gasteiger partial charge in [-0.2, -0.15) is 0 Å². The van der Waals surface area contributed by atoms with Gasteiger partial charge in [0.15, 0.2) is 5.96 Å². The van der Waals surface area contributed by atoms with Gasteiger partial charge in [0.1, 0.15) is 0 Å². The van der Waals surface area contributed by atoms with Crippen LogP contribution in [0.1, 0.15) is 66.2 Å². The molecule has 0 heterocycles. The van der Waals surface area contributed by atoms with Gasteiger partial charge in [-0.15, -0.1) is 24.0 Å². The van der Waals surface area contributed by atoms with Crippen LogP contribution in [0.3, 0.4) is 0 Å². The summed E-state index contributed by atoms with van der Waals surface area (Å²) in [7, 11) is 1.79. The fraction of sp³-hybridized carbons (Fsp3) is 0.889. The number of nitrogens with zero attached hydrogens (tertiary/aromatic N) is 1. The van der Waals surface area contributed by atoms with Crippen molar-refractivity contribution in [3.8, 4) is 0 Å². The third-order valence-corrected chi connectivity index (χ3v) is 4.76. The standard InChI is InChI=1S/C18H36N4O.HI/c1-6-8-14-9-11-15(12-10-14)22-17(19-5)21-13-18(3,4)16(23)20-7-2;/h14-15H,6-13H2,1-5H3,(H,20,23)(H2,19,21,22);1H. The Kier molecular flexibility index (Phi) is 11.7. The lowest BCUT2D eigenvalue weighted by atomic mass is 9.83. The van der Waals surface area contributed by atoms with Crippen LogP contribution in [-0.4, -0.2) is 38.0 Å². The Hall–Kier alpha value is -0.530. The van der Waals surface area contributed by atoms with E-state index in [1.54, 1.807) is 7.05 Å². The first-order valence-corrected chi connectivity index (χ1v) is 9.18. The minimum absolute atomic E-state index is 0. The second-order valence-electron chi connectivity index (χ2n) is 7.32. The molecule has 0 aromatic heterocycles. The SMILES string of the molecule is CCCC1CCC(NC(=NC)NCC(C)(C)C(=O)NCC)CC1.I. The molecule has 0 atom stereocenters. The van der Waals surface area contributed by atoms with E-state index in [1.807, 2.05) is 20.8 Å². The molecule has 5 nitrogen and oxygen atoms in total. The number of guanidine groups is 1. The van der Waals surface area contributed by atoms with Crippen molar-refractivity contribution in [2.75, 3.05) is 20.1 Å². The number of hydrogen-bond donors (Lipinski definition) is 3. The quantitative estimate of drug-likeness (QED) is 0.316. The van der Waals surface area contributed by atoms with Crippen LogP contribution in [-0.2, 0) is 4.79 Å². The lowest BCUT2D eigenvalue weighted by Gasteiger charge is -2.31. The lowest BCUT2D eigenvalue weighted by molar-refractivity contribution is -0.128. The molecule has 0 spiro atoms. The van der Waals surface area contributed by atoms with E-state index in [9.17, 15) is 4.79 Å². The molecule has 0 aromatic rings. The third kappa shape index (κ3) is 8.03. The molecule has 0 unspecified atom stereocenters. The van der Waals surface area contributed by atoms with Gasteiger partial charge in [0.25, 0.3) is 0 Å². The summed E-state index contributed by atoms with van der Waals surface area (Å²) in [6.07, 6.45) is 7.71. The minimum Gasteiger partial charge on any atom is -0.356 e. The second-order valence-corrected chi connectivity index (χ2v) is 7.32. The van der Waals surface area contributed by atoms with Gasteiger partial charge in [-0.05, 0) is 52.4 Å². The van der Waals surface area contributed by atoms with Crippen molar-refractivity contribution in [2.45, 2.75) is 72.3 Å². The number of nitrogens with one attached hydrogen (secondary N) is 3. The Bertz CT molecular complexity index is 390. The van der Waals surface area contributed by atoms with Gasteiger partial charge in [0.2, 0.25) is 5.91 Å². The third-order valence-electron chi connectivity index (χ3n) is 4.76. The van der Waals surface area contributed by atoms with Crippen molar-refractivity contribution in [1.82, 2.24) is 16.0 Å². The van der Waals surface area contributed by atoms with Gasteiger partial charge in [-0.3, -0.25) is 9.79 Å². The summed E-state index contributed by atoms with van der Waals surface area (Å²) >= 11 is 0. The molecule has 1 amide bonds.